The van der Waals surface area contributed by atoms with E-state index in [1.807, 2.05) is 6.07 Å². The van der Waals surface area contributed by atoms with Crippen LogP contribution in [0.15, 0.2) is 48.5 Å². The van der Waals surface area contributed by atoms with Crippen molar-refractivity contribution in [1.82, 2.24) is 0 Å². The van der Waals surface area contributed by atoms with Gasteiger partial charge in [-0.05, 0) is 47.5 Å². The van der Waals surface area contributed by atoms with Crippen molar-refractivity contribution in [3.8, 4) is 40.2 Å². The summed E-state index contributed by atoms with van der Waals surface area (Å²) in [4.78, 5) is 0. The summed E-state index contributed by atoms with van der Waals surface area (Å²) in [6.07, 6.45) is 2.17. The van der Waals surface area contributed by atoms with Crippen molar-refractivity contribution in [1.29, 1.82) is 0 Å². The number of benzene rings is 3. The van der Waals surface area contributed by atoms with Crippen molar-refractivity contribution in [2.45, 2.75) is 12.2 Å². The van der Waals surface area contributed by atoms with Gasteiger partial charge in [0.25, 0.3) is 0 Å². The van der Waals surface area contributed by atoms with Crippen LogP contribution in [0.1, 0.15) is 22.8 Å². The van der Waals surface area contributed by atoms with E-state index in [0.29, 0.717) is 22.6 Å². The van der Waals surface area contributed by atoms with Crippen molar-refractivity contribution in [3.05, 3.63) is 65.2 Å². The van der Waals surface area contributed by atoms with Gasteiger partial charge in [0.05, 0.1) is 20.8 Å². The minimum absolute atomic E-state index is 0.0329. The van der Waals surface area contributed by atoms with E-state index >= 15 is 0 Å². The van der Waals surface area contributed by atoms with Crippen LogP contribution in [-0.4, -0.2) is 47.4 Å². The highest BCUT2D eigenvalue weighted by atomic mass is 16.6. The molecule has 4 N–H and O–H groups in total. The first-order valence-corrected chi connectivity index (χ1v) is 10.2. The Morgan fingerprint density at radius 2 is 1.42 bits per heavy atom. The summed E-state index contributed by atoms with van der Waals surface area (Å²) in [6.45, 7) is -0.293. The maximum atomic E-state index is 10.2. The molecule has 8 heteroatoms. The fourth-order valence-corrected chi connectivity index (χ4v) is 3.66. The Hall–Kier alpha value is -4.04. The van der Waals surface area contributed by atoms with Crippen LogP contribution in [0.25, 0.3) is 12.2 Å². The number of aliphatic hydroxyl groups excluding tert-OH is 1. The number of phenols is 3. The van der Waals surface area contributed by atoms with Crippen molar-refractivity contribution in [2.24, 2.45) is 0 Å². The number of methoxy groups -OCH3 is 2. The van der Waals surface area contributed by atoms with Gasteiger partial charge in [0.1, 0.15) is 11.5 Å². The minimum Gasteiger partial charge on any atom is -0.508 e. The molecule has 0 aliphatic carbocycles. The fraction of sp³-hybridized carbons (Fsp3) is 0.200. The summed E-state index contributed by atoms with van der Waals surface area (Å²) >= 11 is 0. The van der Waals surface area contributed by atoms with Crippen LogP contribution < -0.4 is 18.9 Å². The smallest absolute Gasteiger partial charge is 0.200 e. The van der Waals surface area contributed by atoms with E-state index in [0.717, 1.165) is 5.56 Å². The lowest BCUT2D eigenvalue weighted by atomic mass is 10.0. The van der Waals surface area contributed by atoms with Gasteiger partial charge in [0, 0.05) is 11.6 Å². The zero-order valence-corrected chi connectivity index (χ0v) is 18.1. The molecule has 0 bridgehead atoms. The molecule has 172 valence electrons. The van der Waals surface area contributed by atoms with Gasteiger partial charge in [0.15, 0.2) is 35.2 Å². The maximum Gasteiger partial charge on any atom is 0.200 e. The Morgan fingerprint density at radius 1 is 0.788 bits per heavy atom. The van der Waals surface area contributed by atoms with E-state index in [2.05, 4.69) is 0 Å². The minimum atomic E-state index is -0.687. The van der Waals surface area contributed by atoms with E-state index in [1.54, 1.807) is 36.4 Å². The highest BCUT2D eigenvalue weighted by Gasteiger charge is 2.34. The van der Waals surface area contributed by atoms with Crippen LogP contribution in [-0.2, 0) is 0 Å². The Labute approximate surface area is 190 Å². The highest BCUT2D eigenvalue weighted by molar-refractivity contribution is 5.72. The number of phenolic OH excluding ortho intramolecular Hbond substituents is 3. The lowest BCUT2D eigenvalue weighted by Crippen LogP contribution is -2.36. The van der Waals surface area contributed by atoms with Crippen LogP contribution in [0, 0.1) is 0 Å². The van der Waals surface area contributed by atoms with E-state index in [9.17, 15) is 20.4 Å². The number of aliphatic hydroxyl groups is 1. The second-order valence-electron chi connectivity index (χ2n) is 7.47. The third-order valence-electron chi connectivity index (χ3n) is 5.24. The summed E-state index contributed by atoms with van der Waals surface area (Å²) in [7, 11) is 2.86. The molecule has 0 saturated heterocycles. The van der Waals surface area contributed by atoms with Gasteiger partial charge in [-0.2, -0.15) is 0 Å². The lowest BCUT2D eigenvalue weighted by Gasteiger charge is -2.33. The maximum absolute atomic E-state index is 10.2. The van der Waals surface area contributed by atoms with Crippen molar-refractivity contribution in [3.63, 3.8) is 0 Å². The van der Waals surface area contributed by atoms with Crippen molar-refractivity contribution in [2.75, 3.05) is 20.8 Å². The molecule has 2 atom stereocenters. The molecule has 4 rings (SSSR count). The average Bonchev–Trinajstić information content (AvgIpc) is 2.81. The van der Waals surface area contributed by atoms with Crippen molar-refractivity contribution >= 4 is 12.2 Å². The van der Waals surface area contributed by atoms with Gasteiger partial charge in [-0.1, -0.05) is 18.2 Å². The fourth-order valence-electron chi connectivity index (χ4n) is 3.66. The first kappa shape index (κ1) is 22.2. The molecule has 0 saturated carbocycles. The Balaban J connectivity index is 1.65. The molecular weight excluding hydrogens is 428 g/mol. The van der Waals surface area contributed by atoms with Crippen LogP contribution in [0.2, 0.25) is 0 Å². The monoisotopic (exact) mass is 452 g/mol. The predicted molar refractivity (Wildman–Crippen MR) is 121 cm³/mol. The molecule has 1 aliphatic heterocycles. The van der Waals surface area contributed by atoms with Gasteiger partial charge < -0.3 is 39.4 Å². The largest absolute Gasteiger partial charge is 0.508 e. The predicted octanol–water partition coefficient (Wildman–Crippen LogP) is 3.86. The molecule has 1 heterocycles. The number of hydrogen-bond donors (Lipinski definition) is 4. The highest BCUT2D eigenvalue weighted by Crippen LogP contribution is 2.44. The van der Waals surface area contributed by atoms with Crippen LogP contribution >= 0.6 is 0 Å². The summed E-state index contributed by atoms with van der Waals surface area (Å²) in [5, 5.41) is 39.4. The topological polar surface area (TPSA) is 118 Å². The Morgan fingerprint density at radius 3 is 2.03 bits per heavy atom. The molecule has 0 unspecified atom stereocenters. The van der Waals surface area contributed by atoms with Gasteiger partial charge in [-0.3, -0.25) is 0 Å². The first-order chi connectivity index (χ1) is 15.9. The second kappa shape index (κ2) is 9.22. The SMILES string of the molecule is COc1cc([C@H]2Oc3cc(C=Cc4cc(O)cc(O)c4)ccc3O[C@@H]2CO)cc(OC)c1O. The second-order valence-corrected chi connectivity index (χ2v) is 7.47. The van der Waals surface area contributed by atoms with Gasteiger partial charge in [-0.15, -0.1) is 0 Å². The van der Waals surface area contributed by atoms with E-state index < -0.39 is 12.2 Å². The van der Waals surface area contributed by atoms with Gasteiger partial charge in [0.2, 0.25) is 5.75 Å². The molecule has 0 fully saturated rings. The molecule has 0 amide bonds. The number of fused-ring (bicyclic) bond motifs is 1. The molecule has 0 spiro atoms. The average molecular weight is 452 g/mol. The third kappa shape index (κ3) is 4.61. The Kier molecular flexibility index (Phi) is 6.19. The molecule has 3 aromatic carbocycles. The number of ether oxygens (including phenoxy) is 4. The normalized spacial score (nSPS) is 17.2. The number of hydrogen-bond acceptors (Lipinski definition) is 8. The van der Waals surface area contributed by atoms with Crippen molar-refractivity contribution < 1.29 is 39.4 Å². The van der Waals surface area contributed by atoms with Gasteiger partial charge in [-0.25, -0.2) is 0 Å². The molecule has 33 heavy (non-hydrogen) atoms. The van der Waals surface area contributed by atoms with E-state index in [-0.39, 0.29) is 35.4 Å². The molecule has 0 aromatic heterocycles. The standard InChI is InChI=1S/C25H24O8/c1-30-21-10-16(11-22(31-2)24(21)29)25-23(13-26)32-19-6-5-14(9-20(19)33-25)3-4-15-7-17(27)12-18(28)8-15/h3-12,23,25-29H,13H2,1-2H3/t23-,25-/m1/s1. The number of rotatable bonds is 6. The zero-order chi connectivity index (χ0) is 23.5. The molecule has 1 aliphatic rings. The van der Waals surface area contributed by atoms with E-state index in [1.165, 1.54) is 32.4 Å². The first-order valence-electron chi connectivity index (χ1n) is 10.2. The van der Waals surface area contributed by atoms with Crippen LogP contribution in [0.4, 0.5) is 0 Å². The quantitative estimate of drug-likeness (QED) is 0.417. The lowest BCUT2D eigenvalue weighted by molar-refractivity contribution is -0.0124. The third-order valence-corrected chi connectivity index (χ3v) is 5.24. The molecular formula is C25H24O8. The van der Waals surface area contributed by atoms with Crippen LogP contribution in [0.5, 0.6) is 40.2 Å². The molecule has 8 nitrogen and oxygen atoms in total. The summed E-state index contributed by atoms with van der Waals surface area (Å²) in [6, 6.07) is 12.9. The number of aromatic hydroxyl groups is 3. The van der Waals surface area contributed by atoms with E-state index in [4.69, 9.17) is 18.9 Å². The zero-order valence-electron chi connectivity index (χ0n) is 18.1. The molecule has 0 radical (unpaired) electrons. The molecule has 3 aromatic rings. The van der Waals surface area contributed by atoms with Crippen LogP contribution in [0.3, 0.4) is 0 Å². The Bertz CT molecular complexity index is 1140. The summed E-state index contributed by atoms with van der Waals surface area (Å²) in [5.41, 5.74) is 2.02. The van der Waals surface area contributed by atoms with Gasteiger partial charge >= 0.3 is 0 Å². The summed E-state index contributed by atoms with van der Waals surface area (Å²) in [5.74, 6) is 1.17. The summed E-state index contributed by atoms with van der Waals surface area (Å²) < 4.78 is 22.6.